The van der Waals surface area contributed by atoms with Gasteiger partial charge >= 0.3 is 5.69 Å². The molecular formula is C17H16N6O2. The van der Waals surface area contributed by atoms with Gasteiger partial charge in [0.1, 0.15) is 11.6 Å². The normalized spacial score (nSPS) is 10.6. The van der Waals surface area contributed by atoms with Crippen LogP contribution in [0.2, 0.25) is 0 Å². The summed E-state index contributed by atoms with van der Waals surface area (Å²) in [6.07, 6.45) is 1.28. The van der Waals surface area contributed by atoms with Crippen molar-refractivity contribution in [3.8, 4) is 17.5 Å². The third-order valence-corrected chi connectivity index (χ3v) is 3.99. The van der Waals surface area contributed by atoms with Crippen LogP contribution in [0.4, 0.5) is 0 Å². The van der Waals surface area contributed by atoms with Gasteiger partial charge in [0.05, 0.1) is 6.54 Å². The maximum Gasteiger partial charge on any atom is 0.331 e. The smallest absolute Gasteiger partial charge is 0.313 e. The van der Waals surface area contributed by atoms with Crippen LogP contribution in [0.25, 0.3) is 11.4 Å². The van der Waals surface area contributed by atoms with Crippen molar-refractivity contribution in [1.82, 2.24) is 23.9 Å². The summed E-state index contributed by atoms with van der Waals surface area (Å²) in [6.45, 7) is 2.08. The molecule has 0 saturated heterocycles. The lowest BCUT2D eigenvalue weighted by molar-refractivity contribution is 0.575. The minimum Gasteiger partial charge on any atom is -0.313 e. The third kappa shape index (κ3) is 2.87. The SMILES string of the molecule is CCn1cc(C#N)c(=O)n(Cc2nnc(-c3ccccc3)n2C)c1=O. The highest BCUT2D eigenvalue weighted by Gasteiger charge is 2.15. The minimum atomic E-state index is -0.624. The van der Waals surface area contributed by atoms with Gasteiger partial charge in [-0.2, -0.15) is 5.26 Å². The van der Waals surface area contributed by atoms with Crippen molar-refractivity contribution in [1.29, 1.82) is 5.26 Å². The van der Waals surface area contributed by atoms with Gasteiger partial charge in [-0.1, -0.05) is 30.3 Å². The fourth-order valence-corrected chi connectivity index (χ4v) is 2.58. The summed E-state index contributed by atoms with van der Waals surface area (Å²) in [5, 5.41) is 17.4. The number of aryl methyl sites for hydroxylation is 1. The zero-order valence-electron chi connectivity index (χ0n) is 13.9. The Hall–Kier alpha value is -3.47. The standard InChI is InChI=1S/C17H16N6O2/c1-3-22-10-13(9-18)16(24)23(17(22)25)11-14-19-20-15(21(14)2)12-7-5-4-6-8-12/h4-8,10H,3,11H2,1-2H3. The Kier molecular flexibility index (Phi) is 4.31. The molecule has 0 amide bonds. The highest BCUT2D eigenvalue weighted by atomic mass is 16.2. The molecule has 2 heterocycles. The molecule has 2 aromatic heterocycles. The van der Waals surface area contributed by atoms with E-state index < -0.39 is 11.2 Å². The van der Waals surface area contributed by atoms with Crippen LogP contribution < -0.4 is 11.2 Å². The zero-order chi connectivity index (χ0) is 18.0. The summed E-state index contributed by atoms with van der Waals surface area (Å²) in [4.78, 5) is 24.8. The van der Waals surface area contributed by atoms with E-state index in [1.807, 2.05) is 36.4 Å². The predicted octanol–water partition coefficient (Wildman–Crippen LogP) is 0.745. The first-order valence-electron chi connectivity index (χ1n) is 7.74. The van der Waals surface area contributed by atoms with Crippen LogP contribution in [0.15, 0.2) is 46.1 Å². The number of hydrogen-bond acceptors (Lipinski definition) is 5. The summed E-state index contributed by atoms with van der Waals surface area (Å²) in [6, 6.07) is 11.3. The molecule has 25 heavy (non-hydrogen) atoms. The van der Waals surface area contributed by atoms with Gasteiger partial charge in [0, 0.05) is 25.4 Å². The van der Waals surface area contributed by atoms with E-state index in [9.17, 15) is 9.59 Å². The van der Waals surface area contributed by atoms with E-state index in [-0.39, 0.29) is 12.1 Å². The molecule has 0 aliphatic rings. The van der Waals surface area contributed by atoms with Crippen molar-refractivity contribution >= 4 is 0 Å². The van der Waals surface area contributed by atoms with Crippen molar-refractivity contribution in [2.45, 2.75) is 20.0 Å². The number of nitrogens with zero attached hydrogens (tertiary/aromatic N) is 6. The fraction of sp³-hybridized carbons (Fsp3) is 0.235. The summed E-state index contributed by atoms with van der Waals surface area (Å²) < 4.78 is 4.08. The molecule has 0 N–H and O–H groups in total. The number of benzene rings is 1. The molecule has 0 aliphatic heterocycles. The van der Waals surface area contributed by atoms with Crippen LogP contribution in [0.5, 0.6) is 0 Å². The molecule has 0 saturated carbocycles. The summed E-state index contributed by atoms with van der Waals surface area (Å²) in [5.74, 6) is 1.09. The van der Waals surface area contributed by atoms with E-state index >= 15 is 0 Å². The first kappa shape index (κ1) is 16.4. The van der Waals surface area contributed by atoms with E-state index in [1.54, 1.807) is 18.5 Å². The molecule has 8 heteroatoms. The molecular weight excluding hydrogens is 320 g/mol. The summed E-state index contributed by atoms with van der Waals surface area (Å²) >= 11 is 0. The van der Waals surface area contributed by atoms with Gasteiger partial charge in [-0.3, -0.25) is 13.9 Å². The highest BCUT2D eigenvalue weighted by molar-refractivity contribution is 5.54. The molecule has 0 radical (unpaired) electrons. The zero-order valence-corrected chi connectivity index (χ0v) is 13.9. The number of aromatic nitrogens is 5. The van der Waals surface area contributed by atoms with E-state index in [1.165, 1.54) is 10.8 Å². The minimum absolute atomic E-state index is 0.0521. The Labute approximate surface area is 143 Å². The lowest BCUT2D eigenvalue weighted by atomic mass is 10.2. The largest absolute Gasteiger partial charge is 0.331 e. The lowest BCUT2D eigenvalue weighted by Gasteiger charge is -2.09. The van der Waals surface area contributed by atoms with E-state index in [0.717, 1.165) is 10.1 Å². The Bertz CT molecular complexity index is 1070. The van der Waals surface area contributed by atoms with Crippen molar-refractivity contribution in [3.63, 3.8) is 0 Å². The Morgan fingerprint density at radius 1 is 1.16 bits per heavy atom. The monoisotopic (exact) mass is 336 g/mol. The van der Waals surface area contributed by atoms with E-state index in [4.69, 9.17) is 5.26 Å². The molecule has 126 valence electrons. The summed E-state index contributed by atoms with van der Waals surface area (Å²) in [5.41, 5.74) is -0.294. The van der Waals surface area contributed by atoms with Gasteiger partial charge in [0.2, 0.25) is 0 Å². The maximum atomic E-state index is 12.4. The second-order valence-electron chi connectivity index (χ2n) is 5.48. The van der Waals surface area contributed by atoms with Gasteiger partial charge in [-0.05, 0) is 6.92 Å². The Morgan fingerprint density at radius 3 is 2.52 bits per heavy atom. The van der Waals surface area contributed by atoms with E-state index in [2.05, 4.69) is 10.2 Å². The molecule has 1 aromatic carbocycles. The van der Waals surface area contributed by atoms with Gasteiger partial charge < -0.3 is 4.57 Å². The molecule has 0 unspecified atom stereocenters. The highest BCUT2D eigenvalue weighted by Crippen LogP contribution is 2.16. The van der Waals surface area contributed by atoms with Gasteiger partial charge in [-0.25, -0.2) is 4.79 Å². The van der Waals surface area contributed by atoms with Gasteiger partial charge in [-0.15, -0.1) is 10.2 Å². The van der Waals surface area contributed by atoms with Gasteiger partial charge in [0.25, 0.3) is 5.56 Å². The van der Waals surface area contributed by atoms with Crippen LogP contribution >= 0.6 is 0 Å². The van der Waals surface area contributed by atoms with Crippen molar-refractivity contribution in [2.24, 2.45) is 7.05 Å². The van der Waals surface area contributed by atoms with Crippen molar-refractivity contribution in [2.75, 3.05) is 0 Å². The maximum absolute atomic E-state index is 12.4. The lowest BCUT2D eigenvalue weighted by Crippen LogP contribution is -2.41. The fourth-order valence-electron chi connectivity index (χ4n) is 2.58. The molecule has 0 spiro atoms. The van der Waals surface area contributed by atoms with Crippen molar-refractivity contribution in [3.05, 3.63) is 68.8 Å². The number of nitriles is 1. The second-order valence-corrected chi connectivity index (χ2v) is 5.48. The molecule has 0 aliphatic carbocycles. The van der Waals surface area contributed by atoms with E-state index in [0.29, 0.717) is 18.2 Å². The quantitative estimate of drug-likeness (QED) is 0.700. The van der Waals surface area contributed by atoms with Crippen LogP contribution in [-0.4, -0.2) is 23.9 Å². The van der Waals surface area contributed by atoms with Crippen LogP contribution in [-0.2, 0) is 20.1 Å². The first-order valence-corrected chi connectivity index (χ1v) is 7.74. The van der Waals surface area contributed by atoms with Crippen LogP contribution in [0.1, 0.15) is 18.3 Å². The Balaban J connectivity index is 2.08. The molecule has 0 fully saturated rings. The second kappa shape index (κ2) is 6.57. The topological polar surface area (TPSA) is 98.5 Å². The van der Waals surface area contributed by atoms with Crippen LogP contribution in [0.3, 0.4) is 0 Å². The molecule has 0 atom stereocenters. The third-order valence-electron chi connectivity index (χ3n) is 3.99. The average molecular weight is 336 g/mol. The molecule has 0 bridgehead atoms. The average Bonchev–Trinajstić information content (AvgIpc) is 3.00. The number of hydrogen-bond donors (Lipinski definition) is 0. The van der Waals surface area contributed by atoms with Crippen LogP contribution in [0, 0.1) is 11.3 Å². The summed E-state index contributed by atoms with van der Waals surface area (Å²) in [7, 11) is 1.77. The number of rotatable bonds is 4. The first-order chi connectivity index (χ1) is 12.1. The van der Waals surface area contributed by atoms with Gasteiger partial charge in [0.15, 0.2) is 11.6 Å². The predicted molar refractivity (Wildman–Crippen MR) is 90.9 cm³/mol. The Morgan fingerprint density at radius 2 is 1.88 bits per heavy atom. The molecule has 3 rings (SSSR count). The molecule has 3 aromatic rings. The molecule has 8 nitrogen and oxygen atoms in total. The van der Waals surface area contributed by atoms with Crippen molar-refractivity contribution < 1.29 is 0 Å².